The minimum atomic E-state index is -2.51. The number of rotatable bonds is 6. The predicted molar refractivity (Wildman–Crippen MR) is 113 cm³/mol. The lowest BCUT2D eigenvalue weighted by Gasteiger charge is -2.44. The molecule has 0 saturated heterocycles. The van der Waals surface area contributed by atoms with Crippen LogP contribution in [0.1, 0.15) is 34.6 Å². The van der Waals surface area contributed by atoms with Gasteiger partial charge in [-0.3, -0.25) is 0 Å². The Morgan fingerprint density at radius 1 is 0.880 bits per heavy atom. The van der Waals surface area contributed by atoms with Gasteiger partial charge in [-0.15, -0.1) is 0 Å². The van der Waals surface area contributed by atoms with E-state index in [1.54, 1.807) is 0 Å². The summed E-state index contributed by atoms with van der Waals surface area (Å²) in [6, 6.07) is 21.3. The Bertz CT molecular complexity index is 692. The first-order valence-electron chi connectivity index (χ1n) is 8.57. The molecule has 0 heterocycles. The van der Waals surface area contributed by atoms with Crippen LogP contribution in [0.15, 0.2) is 65.7 Å². The van der Waals surface area contributed by atoms with Gasteiger partial charge in [0.05, 0.1) is 17.3 Å². The molecule has 2 nitrogen and oxygen atoms in total. The molecule has 0 aromatic heterocycles. The van der Waals surface area contributed by atoms with Crippen LogP contribution in [0.25, 0.3) is 0 Å². The smallest absolute Gasteiger partial charge is 0.261 e. The summed E-state index contributed by atoms with van der Waals surface area (Å²) in [6.07, 6.45) is 0. The molecule has 0 unspecified atom stereocenters. The van der Waals surface area contributed by atoms with Crippen LogP contribution in [-0.2, 0) is 4.43 Å². The van der Waals surface area contributed by atoms with E-state index in [2.05, 4.69) is 91.6 Å². The van der Waals surface area contributed by atoms with Crippen molar-refractivity contribution < 1.29 is 4.43 Å². The molecule has 2 rings (SSSR count). The SMILES string of the molecule is CC(C)(CO[Si](c1ccccc1)(c1ccccc1)C(C)(C)C)N=C=S. The number of isothiocyanates is 1. The highest BCUT2D eigenvalue weighted by Crippen LogP contribution is 2.37. The van der Waals surface area contributed by atoms with Crippen LogP contribution in [0.5, 0.6) is 0 Å². The lowest BCUT2D eigenvalue weighted by molar-refractivity contribution is 0.231. The van der Waals surface area contributed by atoms with Gasteiger partial charge in [0.25, 0.3) is 8.32 Å². The van der Waals surface area contributed by atoms with Crippen molar-refractivity contribution in [3.63, 3.8) is 0 Å². The fraction of sp³-hybridized carbons (Fsp3) is 0.381. The number of thiocarbonyl (C=S) groups is 1. The fourth-order valence-corrected chi connectivity index (χ4v) is 8.17. The third kappa shape index (κ3) is 4.34. The highest BCUT2D eigenvalue weighted by atomic mass is 32.1. The highest BCUT2D eigenvalue weighted by Gasteiger charge is 2.50. The van der Waals surface area contributed by atoms with Crippen LogP contribution in [-0.4, -0.2) is 25.6 Å². The van der Waals surface area contributed by atoms with Gasteiger partial charge in [0, 0.05) is 0 Å². The van der Waals surface area contributed by atoms with E-state index in [0.29, 0.717) is 6.61 Å². The van der Waals surface area contributed by atoms with Gasteiger partial charge in [-0.2, -0.15) is 0 Å². The van der Waals surface area contributed by atoms with E-state index in [9.17, 15) is 0 Å². The standard InChI is InChI=1S/C21H27NOSSi/c1-20(2,3)25(18-12-8-6-9-13-18,19-14-10-7-11-15-19)23-16-21(4,5)22-17-24/h6-15H,16H2,1-5H3. The molecule has 0 aliphatic rings. The molecule has 0 bridgehead atoms. The molecule has 132 valence electrons. The maximum atomic E-state index is 6.84. The largest absolute Gasteiger partial charge is 0.405 e. The van der Waals surface area contributed by atoms with Crippen LogP contribution < -0.4 is 10.4 Å². The molecule has 0 N–H and O–H groups in total. The topological polar surface area (TPSA) is 21.6 Å². The van der Waals surface area contributed by atoms with Crippen LogP contribution in [0.4, 0.5) is 0 Å². The second-order valence-corrected chi connectivity index (χ2v) is 12.5. The van der Waals surface area contributed by atoms with Crippen molar-refractivity contribution >= 4 is 36.1 Å². The monoisotopic (exact) mass is 369 g/mol. The number of hydrogen-bond acceptors (Lipinski definition) is 3. The average molecular weight is 370 g/mol. The molecule has 4 heteroatoms. The minimum absolute atomic E-state index is 0.0345. The summed E-state index contributed by atoms with van der Waals surface area (Å²) >= 11 is 4.81. The van der Waals surface area contributed by atoms with Crippen molar-refractivity contribution in [1.82, 2.24) is 0 Å². The molecule has 0 saturated carbocycles. The second-order valence-electron chi connectivity index (χ2n) is 7.97. The van der Waals surface area contributed by atoms with E-state index < -0.39 is 13.9 Å². The zero-order valence-corrected chi connectivity index (χ0v) is 17.6. The van der Waals surface area contributed by atoms with Gasteiger partial charge in [0.15, 0.2) is 0 Å². The normalized spacial score (nSPS) is 12.5. The van der Waals surface area contributed by atoms with E-state index in [0.717, 1.165) is 0 Å². The van der Waals surface area contributed by atoms with Crippen LogP contribution in [0, 0.1) is 0 Å². The van der Waals surface area contributed by atoms with Crippen LogP contribution in [0.3, 0.4) is 0 Å². The quantitative estimate of drug-likeness (QED) is 0.426. The fourth-order valence-electron chi connectivity index (χ4n) is 3.20. The zero-order chi connectivity index (χ0) is 18.6. The number of nitrogens with zero attached hydrogens (tertiary/aromatic N) is 1. The highest BCUT2D eigenvalue weighted by molar-refractivity contribution is 7.78. The Morgan fingerprint density at radius 2 is 1.32 bits per heavy atom. The van der Waals surface area contributed by atoms with Crippen molar-refractivity contribution in [1.29, 1.82) is 0 Å². The summed E-state index contributed by atoms with van der Waals surface area (Å²) in [6.45, 7) is 11.4. The van der Waals surface area contributed by atoms with Crippen molar-refractivity contribution in [2.75, 3.05) is 6.61 Å². The van der Waals surface area contributed by atoms with Gasteiger partial charge in [-0.05, 0) is 41.5 Å². The lowest BCUT2D eigenvalue weighted by atomic mass is 10.1. The number of hydrogen-bond donors (Lipinski definition) is 0. The molecule has 0 aliphatic heterocycles. The summed E-state index contributed by atoms with van der Waals surface area (Å²) in [5.74, 6) is 0. The van der Waals surface area contributed by atoms with Crippen molar-refractivity contribution in [2.24, 2.45) is 4.99 Å². The Morgan fingerprint density at radius 3 is 1.68 bits per heavy atom. The first-order chi connectivity index (χ1) is 11.7. The molecule has 0 fully saturated rings. The van der Waals surface area contributed by atoms with E-state index in [1.807, 2.05) is 13.8 Å². The van der Waals surface area contributed by atoms with Crippen LogP contribution in [0.2, 0.25) is 5.04 Å². The Hall–Kier alpha value is -1.58. The summed E-state index contributed by atoms with van der Waals surface area (Å²) in [5.41, 5.74) is -0.394. The van der Waals surface area contributed by atoms with Gasteiger partial charge in [-0.25, -0.2) is 4.99 Å². The van der Waals surface area contributed by atoms with Gasteiger partial charge < -0.3 is 4.43 Å². The average Bonchev–Trinajstić information content (AvgIpc) is 2.56. The summed E-state index contributed by atoms with van der Waals surface area (Å²) in [4.78, 5) is 4.29. The predicted octanol–water partition coefficient (Wildman–Crippen LogP) is 4.44. The number of benzene rings is 2. The van der Waals surface area contributed by atoms with Crippen molar-refractivity contribution in [3.8, 4) is 0 Å². The van der Waals surface area contributed by atoms with Gasteiger partial charge >= 0.3 is 0 Å². The van der Waals surface area contributed by atoms with Gasteiger partial charge in [0.2, 0.25) is 0 Å². The molecule has 2 aromatic rings. The molecule has 0 radical (unpaired) electrons. The zero-order valence-electron chi connectivity index (χ0n) is 15.7. The molecule has 0 spiro atoms. The van der Waals surface area contributed by atoms with Gasteiger partial charge in [0.1, 0.15) is 0 Å². The molecular weight excluding hydrogens is 342 g/mol. The number of aliphatic imine (C=N–C) groups is 1. The molecule has 0 aliphatic carbocycles. The van der Waals surface area contributed by atoms with Crippen LogP contribution >= 0.6 is 12.2 Å². The maximum Gasteiger partial charge on any atom is 0.261 e. The maximum absolute atomic E-state index is 6.84. The first kappa shape index (κ1) is 19.7. The summed E-state index contributed by atoms with van der Waals surface area (Å²) in [5, 5.41) is 5.02. The van der Waals surface area contributed by atoms with E-state index in [4.69, 9.17) is 16.6 Å². The molecule has 0 atom stereocenters. The summed E-state index contributed by atoms with van der Waals surface area (Å²) in [7, 11) is -2.51. The molecule has 0 amide bonds. The van der Waals surface area contributed by atoms with Gasteiger partial charge in [-0.1, -0.05) is 81.4 Å². The molecule has 25 heavy (non-hydrogen) atoms. The van der Waals surface area contributed by atoms with E-state index in [1.165, 1.54) is 10.4 Å². The molecular formula is C21H27NOSSi. The third-order valence-corrected chi connectivity index (χ3v) is 9.48. The Labute approximate surface area is 158 Å². The molecule has 2 aromatic carbocycles. The van der Waals surface area contributed by atoms with Crippen molar-refractivity contribution in [3.05, 3.63) is 60.7 Å². The lowest BCUT2D eigenvalue weighted by Crippen LogP contribution is -2.67. The Kier molecular flexibility index (Phi) is 6.12. The minimum Gasteiger partial charge on any atom is -0.405 e. The van der Waals surface area contributed by atoms with Crippen molar-refractivity contribution in [2.45, 2.75) is 45.2 Å². The third-order valence-electron chi connectivity index (χ3n) is 4.41. The van der Waals surface area contributed by atoms with E-state index >= 15 is 0 Å². The first-order valence-corrected chi connectivity index (χ1v) is 10.9. The summed E-state index contributed by atoms with van der Waals surface area (Å²) < 4.78 is 6.84. The Balaban J connectivity index is 2.63. The van der Waals surface area contributed by atoms with E-state index in [-0.39, 0.29) is 5.04 Å². The second kappa shape index (κ2) is 7.75.